The Morgan fingerprint density at radius 1 is 1.41 bits per heavy atom. The van der Waals surface area contributed by atoms with Crippen molar-refractivity contribution in [3.8, 4) is 5.69 Å². The van der Waals surface area contributed by atoms with Crippen LogP contribution in [0.1, 0.15) is 24.7 Å². The molecule has 0 aliphatic rings. The normalized spacial score (nSPS) is 10.8. The number of hydrogen-bond donors (Lipinski definition) is 1. The highest BCUT2D eigenvalue weighted by Crippen LogP contribution is 2.21. The molecule has 90 valence electrons. The quantitative estimate of drug-likeness (QED) is 0.941. The maximum atomic E-state index is 9.41. The molecule has 4 heteroatoms. The van der Waals surface area contributed by atoms with Crippen LogP contribution in [-0.4, -0.2) is 14.7 Å². The van der Waals surface area contributed by atoms with Crippen LogP contribution < -0.4 is 0 Å². The topological polar surface area (TPSA) is 38.0 Å². The van der Waals surface area contributed by atoms with Gasteiger partial charge in [-0.25, -0.2) is 4.98 Å². The zero-order valence-electron chi connectivity index (χ0n) is 9.73. The lowest BCUT2D eigenvalue weighted by molar-refractivity contribution is 0.281. The number of aliphatic hydroxyl groups excluding tert-OH is 1. The summed E-state index contributed by atoms with van der Waals surface area (Å²) in [4.78, 5) is 4.35. The molecular weight excluding hydrogens is 280 g/mol. The van der Waals surface area contributed by atoms with Crippen LogP contribution in [0.5, 0.6) is 0 Å². The van der Waals surface area contributed by atoms with Gasteiger partial charge in [0, 0.05) is 28.9 Å². The van der Waals surface area contributed by atoms with Crippen molar-refractivity contribution >= 4 is 15.9 Å². The van der Waals surface area contributed by atoms with Crippen LogP contribution in [0.25, 0.3) is 5.69 Å². The van der Waals surface area contributed by atoms with Gasteiger partial charge >= 0.3 is 0 Å². The van der Waals surface area contributed by atoms with Gasteiger partial charge in [0.15, 0.2) is 0 Å². The van der Waals surface area contributed by atoms with Crippen LogP contribution in [-0.2, 0) is 13.0 Å². The Morgan fingerprint density at radius 3 is 2.94 bits per heavy atom. The second kappa shape index (κ2) is 5.47. The maximum Gasteiger partial charge on any atom is 0.113 e. The monoisotopic (exact) mass is 294 g/mol. The summed E-state index contributed by atoms with van der Waals surface area (Å²) in [5, 5.41) is 9.41. The highest BCUT2D eigenvalue weighted by molar-refractivity contribution is 9.10. The standard InChI is InChI=1S/C13H15BrN2O/c1-2-3-13-15-6-7-16(13)12-5-4-11(14)8-10(12)9-17/h4-8,17H,2-3,9H2,1H3. The second-order valence-electron chi connectivity index (χ2n) is 3.89. The average Bonchev–Trinajstić information content (AvgIpc) is 2.77. The minimum atomic E-state index is 0.0263. The van der Waals surface area contributed by atoms with E-state index in [-0.39, 0.29) is 6.61 Å². The van der Waals surface area contributed by atoms with Gasteiger partial charge in [0.05, 0.1) is 12.3 Å². The molecule has 1 aromatic carbocycles. The van der Waals surface area contributed by atoms with Crippen molar-refractivity contribution in [3.63, 3.8) is 0 Å². The Balaban J connectivity index is 2.48. The van der Waals surface area contributed by atoms with E-state index in [9.17, 15) is 5.11 Å². The van der Waals surface area contributed by atoms with E-state index >= 15 is 0 Å². The molecule has 1 N–H and O–H groups in total. The van der Waals surface area contributed by atoms with E-state index in [2.05, 4.69) is 27.8 Å². The van der Waals surface area contributed by atoms with Crippen LogP contribution >= 0.6 is 15.9 Å². The van der Waals surface area contributed by atoms with E-state index in [4.69, 9.17) is 0 Å². The molecule has 1 heterocycles. The fourth-order valence-electron chi connectivity index (χ4n) is 1.88. The number of rotatable bonds is 4. The lowest BCUT2D eigenvalue weighted by Crippen LogP contribution is -2.03. The summed E-state index contributed by atoms with van der Waals surface area (Å²) >= 11 is 3.41. The fraction of sp³-hybridized carbons (Fsp3) is 0.308. The molecular formula is C13H15BrN2O. The number of hydrogen-bond acceptors (Lipinski definition) is 2. The third-order valence-corrected chi connectivity index (χ3v) is 3.16. The van der Waals surface area contributed by atoms with Gasteiger partial charge in [0.1, 0.15) is 5.82 Å². The van der Waals surface area contributed by atoms with Gasteiger partial charge in [0.25, 0.3) is 0 Å². The first kappa shape index (κ1) is 12.3. The Labute approximate surface area is 109 Å². The average molecular weight is 295 g/mol. The molecule has 3 nitrogen and oxygen atoms in total. The molecule has 0 aliphatic carbocycles. The molecule has 2 aromatic rings. The summed E-state index contributed by atoms with van der Waals surface area (Å²) in [7, 11) is 0. The molecule has 2 rings (SSSR count). The molecule has 0 aliphatic heterocycles. The van der Waals surface area contributed by atoms with E-state index in [0.29, 0.717) is 0 Å². The van der Waals surface area contributed by atoms with Crippen molar-refractivity contribution in [3.05, 3.63) is 46.5 Å². The third kappa shape index (κ3) is 2.58. The minimum absolute atomic E-state index is 0.0263. The molecule has 0 unspecified atom stereocenters. The molecule has 0 amide bonds. The van der Waals surface area contributed by atoms with Crippen LogP contribution in [0.4, 0.5) is 0 Å². The Bertz CT molecular complexity index is 508. The number of benzene rings is 1. The van der Waals surface area contributed by atoms with Crippen molar-refractivity contribution in [1.82, 2.24) is 9.55 Å². The largest absolute Gasteiger partial charge is 0.392 e. The summed E-state index contributed by atoms with van der Waals surface area (Å²) in [6.07, 6.45) is 5.73. The van der Waals surface area contributed by atoms with Gasteiger partial charge in [-0.15, -0.1) is 0 Å². The first-order chi connectivity index (χ1) is 8.26. The van der Waals surface area contributed by atoms with Crippen LogP contribution in [0.2, 0.25) is 0 Å². The lowest BCUT2D eigenvalue weighted by Gasteiger charge is -2.11. The molecule has 1 aromatic heterocycles. The molecule has 17 heavy (non-hydrogen) atoms. The second-order valence-corrected chi connectivity index (χ2v) is 4.81. The molecule has 0 bridgehead atoms. The number of nitrogens with zero attached hydrogens (tertiary/aromatic N) is 2. The van der Waals surface area contributed by atoms with Crippen molar-refractivity contribution in [2.24, 2.45) is 0 Å². The summed E-state index contributed by atoms with van der Waals surface area (Å²) in [5.74, 6) is 1.03. The number of aromatic nitrogens is 2. The molecule has 0 saturated carbocycles. The van der Waals surface area contributed by atoms with Crippen molar-refractivity contribution < 1.29 is 5.11 Å². The van der Waals surface area contributed by atoms with Gasteiger partial charge in [-0.2, -0.15) is 0 Å². The molecule has 0 saturated heterocycles. The van der Waals surface area contributed by atoms with Crippen molar-refractivity contribution in [2.75, 3.05) is 0 Å². The Hall–Kier alpha value is -1.13. The van der Waals surface area contributed by atoms with Gasteiger partial charge in [0.2, 0.25) is 0 Å². The number of imidazole rings is 1. The van der Waals surface area contributed by atoms with Gasteiger partial charge < -0.3 is 9.67 Å². The first-order valence-electron chi connectivity index (χ1n) is 5.68. The van der Waals surface area contributed by atoms with Gasteiger partial charge in [-0.3, -0.25) is 0 Å². The highest BCUT2D eigenvalue weighted by Gasteiger charge is 2.08. The third-order valence-electron chi connectivity index (χ3n) is 2.66. The maximum absolute atomic E-state index is 9.41. The zero-order chi connectivity index (χ0) is 12.3. The Kier molecular flexibility index (Phi) is 3.97. The number of halogens is 1. The van der Waals surface area contributed by atoms with Crippen LogP contribution in [0.3, 0.4) is 0 Å². The van der Waals surface area contributed by atoms with Crippen LogP contribution in [0, 0.1) is 0 Å². The molecule has 0 spiro atoms. The SMILES string of the molecule is CCCc1nccn1-c1ccc(Br)cc1CO. The summed E-state index contributed by atoms with van der Waals surface area (Å²) in [5.41, 5.74) is 1.89. The zero-order valence-corrected chi connectivity index (χ0v) is 11.3. The lowest BCUT2D eigenvalue weighted by atomic mass is 10.2. The predicted molar refractivity (Wildman–Crippen MR) is 71.2 cm³/mol. The molecule has 0 atom stereocenters. The predicted octanol–water partition coefficient (Wildman–Crippen LogP) is 3.08. The van der Waals surface area contributed by atoms with E-state index in [1.54, 1.807) is 6.20 Å². The minimum Gasteiger partial charge on any atom is -0.392 e. The Morgan fingerprint density at radius 2 is 2.24 bits per heavy atom. The summed E-state index contributed by atoms with van der Waals surface area (Å²) in [6, 6.07) is 5.91. The van der Waals surface area contributed by atoms with E-state index in [1.807, 2.05) is 29.0 Å². The summed E-state index contributed by atoms with van der Waals surface area (Å²) in [6.45, 7) is 2.16. The smallest absolute Gasteiger partial charge is 0.113 e. The van der Waals surface area contributed by atoms with Crippen molar-refractivity contribution in [2.45, 2.75) is 26.4 Å². The first-order valence-corrected chi connectivity index (χ1v) is 6.47. The summed E-state index contributed by atoms with van der Waals surface area (Å²) < 4.78 is 3.02. The van der Waals surface area contributed by atoms with Gasteiger partial charge in [-0.05, 0) is 24.6 Å². The molecule has 0 radical (unpaired) electrons. The van der Waals surface area contributed by atoms with Crippen molar-refractivity contribution in [1.29, 1.82) is 0 Å². The number of aryl methyl sites for hydroxylation is 1. The number of aliphatic hydroxyl groups is 1. The fourth-order valence-corrected chi connectivity index (χ4v) is 2.29. The van der Waals surface area contributed by atoms with E-state index in [1.165, 1.54) is 0 Å². The van der Waals surface area contributed by atoms with Gasteiger partial charge in [-0.1, -0.05) is 22.9 Å². The van der Waals surface area contributed by atoms with E-state index in [0.717, 1.165) is 34.4 Å². The highest BCUT2D eigenvalue weighted by atomic mass is 79.9. The van der Waals surface area contributed by atoms with E-state index < -0.39 is 0 Å². The molecule has 0 fully saturated rings. The van der Waals surface area contributed by atoms with Crippen LogP contribution in [0.15, 0.2) is 35.1 Å².